The Bertz CT molecular complexity index is 702. The van der Waals surface area contributed by atoms with E-state index < -0.39 is 9.84 Å². The molecule has 2 aliphatic heterocycles. The van der Waals surface area contributed by atoms with Crippen molar-refractivity contribution in [1.29, 1.82) is 0 Å². The Morgan fingerprint density at radius 3 is 2.87 bits per heavy atom. The number of nitrogens with one attached hydrogen (secondary N) is 1. The predicted octanol–water partition coefficient (Wildman–Crippen LogP) is 1.34. The van der Waals surface area contributed by atoms with Gasteiger partial charge in [-0.05, 0) is 42.5 Å². The molecule has 126 valence electrons. The van der Waals surface area contributed by atoms with Crippen LogP contribution in [-0.2, 0) is 22.8 Å². The molecule has 1 atom stereocenters. The van der Waals surface area contributed by atoms with E-state index in [9.17, 15) is 13.2 Å². The van der Waals surface area contributed by atoms with Gasteiger partial charge < -0.3 is 15.0 Å². The molecule has 0 spiro atoms. The molecule has 0 unspecified atom stereocenters. The second-order valence-electron chi connectivity index (χ2n) is 6.21. The fourth-order valence-corrected chi connectivity index (χ4v) is 4.88. The van der Waals surface area contributed by atoms with Crippen LogP contribution in [0.4, 0.5) is 4.79 Å². The number of hydrogen-bond donors (Lipinski definition) is 1. The monoisotopic (exact) mass is 338 g/mol. The van der Waals surface area contributed by atoms with Gasteiger partial charge >= 0.3 is 6.03 Å². The van der Waals surface area contributed by atoms with Gasteiger partial charge in [0, 0.05) is 19.1 Å². The summed E-state index contributed by atoms with van der Waals surface area (Å²) in [5.74, 6) is 1.05. The molecule has 0 bridgehead atoms. The number of fused-ring (bicyclic) bond motifs is 1. The van der Waals surface area contributed by atoms with Gasteiger partial charge in [0.25, 0.3) is 0 Å². The van der Waals surface area contributed by atoms with E-state index in [4.69, 9.17) is 4.74 Å². The molecule has 2 amide bonds. The summed E-state index contributed by atoms with van der Waals surface area (Å²) < 4.78 is 28.3. The SMILES string of the molecule is COc1ccc2c(c1)CCCN(C(=O)N[C@H]1CCS(=O)(=O)C1)C2. The van der Waals surface area contributed by atoms with Crippen LogP contribution >= 0.6 is 0 Å². The van der Waals surface area contributed by atoms with Gasteiger partial charge in [-0.1, -0.05) is 6.07 Å². The third kappa shape index (κ3) is 3.77. The molecule has 1 saturated heterocycles. The Kier molecular flexibility index (Phi) is 4.48. The van der Waals surface area contributed by atoms with Crippen LogP contribution in [0.5, 0.6) is 5.75 Å². The first kappa shape index (κ1) is 16.1. The van der Waals surface area contributed by atoms with E-state index in [0.717, 1.165) is 24.2 Å². The highest BCUT2D eigenvalue weighted by Crippen LogP contribution is 2.23. The van der Waals surface area contributed by atoms with E-state index in [-0.39, 0.29) is 23.6 Å². The van der Waals surface area contributed by atoms with Crippen LogP contribution in [0.15, 0.2) is 18.2 Å². The molecule has 6 nitrogen and oxygen atoms in total. The summed E-state index contributed by atoms with van der Waals surface area (Å²) in [5.41, 5.74) is 2.33. The first-order chi connectivity index (χ1) is 11.0. The van der Waals surface area contributed by atoms with E-state index in [1.165, 1.54) is 5.56 Å². The standard InChI is InChI=1S/C16H22N2O4S/c1-22-15-5-4-13-10-18(7-2-3-12(13)9-15)16(19)17-14-6-8-23(20,21)11-14/h4-5,9,14H,2-3,6-8,10-11H2,1H3,(H,17,19)/t14-/m0/s1. The Labute approximate surface area is 136 Å². The molecule has 7 heteroatoms. The zero-order valence-electron chi connectivity index (χ0n) is 13.2. The molecule has 0 aliphatic carbocycles. The molecular formula is C16H22N2O4S. The minimum Gasteiger partial charge on any atom is -0.497 e. The number of ether oxygens (including phenoxy) is 1. The lowest BCUT2D eigenvalue weighted by Crippen LogP contribution is -2.45. The zero-order chi connectivity index (χ0) is 16.4. The van der Waals surface area contributed by atoms with Crippen LogP contribution in [0.1, 0.15) is 24.0 Å². The number of amides is 2. The van der Waals surface area contributed by atoms with Crippen LogP contribution < -0.4 is 10.1 Å². The Morgan fingerprint density at radius 2 is 2.17 bits per heavy atom. The van der Waals surface area contributed by atoms with Crippen molar-refractivity contribution >= 4 is 15.9 Å². The van der Waals surface area contributed by atoms with Gasteiger partial charge in [-0.3, -0.25) is 0 Å². The normalized spacial score (nSPS) is 23.0. The summed E-state index contributed by atoms with van der Waals surface area (Å²) in [6.07, 6.45) is 2.31. The van der Waals surface area contributed by atoms with Gasteiger partial charge in [-0.2, -0.15) is 0 Å². The van der Waals surface area contributed by atoms with Crippen LogP contribution in [0.3, 0.4) is 0 Å². The maximum Gasteiger partial charge on any atom is 0.317 e. The number of rotatable bonds is 2. The van der Waals surface area contributed by atoms with Gasteiger partial charge in [-0.25, -0.2) is 13.2 Å². The lowest BCUT2D eigenvalue weighted by atomic mass is 10.0. The largest absolute Gasteiger partial charge is 0.497 e. The summed E-state index contributed by atoms with van der Waals surface area (Å²) in [7, 11) is -1.34. The Morgan fingerprint density at radius 1 is 1.35 bits per heavy atom. The third-order valence-corrected chi connectivity index (χ3v) is 6.26. The highest BCUT2D eigenvalue weighted by molar-refractivity contribution is 7.91. The predicted molar refractivity (Wildman–Crippen MR) is 87.3 cm³/mol. The fourth-order valence-electron chi connectivity index (χ4n) is 3.21. The van der Waals surface area contributed by atoms with E-state index in [2.05, 4.69) is 5.32 Å². The van der Waals surface area contributed by atoms with Gasteiger partial charge in [0.1, 0.15) is 5.75 Å². The van der Waals surface area contributed by atoms with Crippen molar-refractivity contribution in [3.05, 3.63) is 29.3 Å². The maximum atomic E-state index is 12.4. The molecule has 2 heterocycles. The average Bonchev–Trinajstić information content (AvgIpc) is 2.73. The molecule has 2 aliphatic rings. The quantitative estimate of drug-likeness (QED) is 0.883. The van der Waals surface area contributed by atoms with E-state index in [1.54, 1.807) is 12.0 Å². The molecule has 0 radical (unpaired) electrons. The number of carbonyl (C=O) groups excluding carboxylic acids is 1. The van der Waals surface area contributed by atoms with Crippen molar-refractivity contribution in [3.8, 4) is 5.75 Å². The number of hydrogen-bond acceptors (Lipinski definition) is 4. The molecule has 1 aromatic carbocycles. The van der Waals surface area contributed by atoms with Crippen molar-refractivity contribution in [2.75, 3.05) is 25.2 Å². The molecule has 1 fully saturated rings. The smallest absolute Gasteiger partial charge is 0.317 e. The van der Waals surface area contributed by atoms with Crippen LogP contribution in [0.25, 0.3) is 0 Å². The van der Waals surface area contributed by atoms with Gasteiger partial charge in [0.2, 0.25) is 0 Å². The van der Waals surface area contributed by atoms with E-state index in [0.29, 0.717) is 19.5 Å². The molecule has 0 saturated carbocycles. The van der Waals surface area contributed by atoms with Crippen molar-refractivity contribution < 1.29 is 17.9 Å². The summed E-state index contributed by atoms with van der Waals surface area (Å²) >= 11 is 0. The van der Waals surface area contributed by atoms with Gasteiger partial charge in [0.05, 0.1) is 18.6 Å². The lowest BCUT2D eigenvalue weighted by molar-refractivity contribution is 0.193. The van der Waals surface area contributed by atoms with Gasteiger partial charge in [0.15, 0.2) is 9.84 Å². The summed E-state index contributed by atoms with van der Waals surface area (Å²) in [5, 5.41) is 2.87. The number of aryl methyl sites for hydroxylation is 1. The fraction of sp³-hybridized carbons (Fsp3) is 0.562. The first-order valence-corrected chi connectivity index (χ1v) is 9.70. The van der Waals surface area contributed by atoms with Crippen molar-refractivity contribution in [2.24, 2.45) is 0 Å². The molecular weight excluding hydrogens is 316 g/mol. The topological polar surface area (TPSA) is 75.7 Å². The molecule has 1 aromatic rings. The summed E-state index contributed by atoms with van der Waals surface area (Å²) in [6.45, 7) is 1.22. The minimum atomic E-state index is -2.98. The average molecular weight is 338 g/mol. The lowest BCUT2D eigenvalue weighted by Gasteiger charge is -2.23. The van der Waals surface area contributed by atoms with E-state index in [1.807, 2.05) is 18.2 Å². The number of nitrogens with zero attached hydrogens (tertiary/aromatic N) is 1. The number of carbonyl (C=O) groups is 1. The highest BCUT2D eigenvalue weighted by Gasteiger charge is 2.30. The maximum absolute atomic E-state index is 12.4. The van der Waals surface area contributed by atoms with Crippen molar-refractivity contribution in [1.82, 2.24) is 10.2 Å². The molecule has 1 N–H and O–H groups in total. The van der Waals surface area contributed by atoms with Crippen LogP contribution in [0, 0.1) is 0 Å². The molecule has 0 aromatic heterocycles. The molecule has 23 heavy (non-hydrogen) atoms. The van der Waals surface area contributed by atoms with Crippen LogP contribution in [0.2, 0.25) is 0 Å². The minimum absolute atomic E-state index is 0.0559. The van der Waals surface area contributed by atoms with Crippen molar-refractivity contribution in [3.63, 3.8) is 0 Å². The summed E-state index contributed by atoms with van der Waals surface area (Å²) in [6, 6.07) is 5.51. The number of urea groups is 1. The highest BCUT2D eigenvalue weighted by atomic mass is 32.2. The second kappa shape index (κ2) is 6.39. The Hall–Kier alpha value is -1.76. The zero-order valence-corrected chi connectivity index (χ0v) is 14.1. The van der Waals surface area contributed by atoms with Gasteiger partial charge in [-0.15, -0.1) is 0 Å². The number of benzene rings is 1. The molecule has 3 rings (SSSR count). The summed E-state index contributed by atoms with van der Waals surface area (Å²) in [4.78, 5) is 14.2. The number of sulfone groups is 1. The second-order valence-corrected chi connectivity index (χ2v) is 8.44. The Balaban J connectivity index is 1.67. The number of methoxy groups -OCH3 is 1. The van der Waals surface area contributed by atoms with Crippen LogP contribution in [-0.4, -0.2) is 50.6 Å². The third-order valence-electron chi connectivity index (χ3n) is 4.50. The van der Waals surface area contributed by atoms with Crippen molar-refractivity contribution in [2.45, 2.75) is 31.8 Å². The van der Waals surface area contributed by atoms with E-state index >= 15 is 0 Å². The first-order valence-electron chi connectivity index (χ1n) is 7.88.